The van der Waals surface area contributed by atoms with Crippen LogP contribution in [0.15, 0.2) is 27.8 Å². The van der Waals surface area contributed by atoms with E-state index in [1.165, 1.54) is 0 Å². The highest BCUT2D eigenvalue weighted by Gasteiger charge is 2.20. The van der Waals surface area contributed by atoms with E-state index >= 15 is 0 Å². The van der Waals surface area contributed by atoms with Crippen LogP contribution in [-0.4, -0.2) is 35.8 Å². The van der Waals surface area contributed by atoms with Crippen LogP contribution in [0.25, 0.3) is 0 Å². The fourth-order valence-electron chi connectivity index (χ4n) is 2.61. The molecule has 0 spiro atoms. The summed E-state index contributed by atoms with van der Waals surface area (Å²) >= 11 is 0. The minimum absolute atomic E-state index is 0. The third kappa shape index (κ3) is 7.56. The van der Waals surface area contributed by atoms with E-state index in [-0.39, 0.29) is 30.1 Å². The highest BCUT2D eigenvalue weighted by atomic mass is 127. The minimum atomic E-state index is -0.125. The molecule has 1 aliphatic rings. The van der Waals surface area contributed by atoms with Crippen LogP contribution in [0.4, 0.5) is 0 Å². The van der Waals surface area contributed by atoms with Gasteiger partial charge in [-0.2, -0.15) is 0 Å². The van der Waals surface area contributed by atoms with E-state index in [4.69, 9.17) is 4.42 Å². The van der Waals surface area contributed by atoms with Crippen molar-refractivity contribution >= 4 is 29.9 Å². The topological polar surface area (TPSA) is 69.8 Å². The number of hydrogen-bond donors (Lipinski definition) is 3. The molecule has 1 saturated carbocycles. The van der Waals surface area contributed by atoms with Gasteiger partial charge in [0, 0.05) is 25.0 Å². The number of hydrogen-bond acceptors (Lipinski definition) is 3. The Kier molecular flexibility index (Phi) is 9.62. The lowest BCUT2D eigenvalue weighted by Gasteiger charge is -2.28. The van der Waals surface area contributed by atoms with Crippen molar-refractivity contribution in [2.45, 2.75) is 70.6 Å². The Hall–Kier alpha value is -0.760. The third-order valence-corrected chi connectivity index (χ3v) is 4.24. The number of nitrogens with one attached hydrogen (secondary N) is 2. The number of guanidine groups is 1. The highest BCUT2D eigenvalue weighted by Crippen LogP contribution is 2.18. The van der Waals surface area contributed by atoms with E-state index in [1.54, 1.807) is 6.26 Å². The van der Waals surface area contributed by atoms with Crippen molar-refractivity contribution in [1.82, 2.24) is 10.6 Å². The van der Waals surface area contributed by atoms with Crippen molar-refractivity contribution in [3.63, 3.8) is 0 Å². The molecule has 3 N–H and O–H groups in total. The van der Waals surface area contributed by atoms with Crippen LogP contribution in [0.3, 0.4) is 0 Å². The third-order valence-electron chi connectivity index (χ3n) is 4.24. The summed E-state index contributed by atoms with van der Waals surface area (Å²) in [6.45, 7) is 5.03. The van der Waals surface area contributed by atoms with Crippen LogP contribution in [-0.2, 0) is 6.42 Å². The summed E-state index contributed by atoms with van der Waals surface area (Å²) in [5, 5.41) is 16.6. The lowest BCUT2D eigenvalue weighted by Crippen LogP contribution is -2.48. The van der Waals surface area contributed by atoms with Gasteiger partial charge in [0.25, 0.3) is 0 Å². The highest BCUT2D eigenvalue weighted by molar-refractivity contribution is 14.0. The van der Waals surface area contributed by atoms with Gasteiger partial charge >= 0.3 is 0 Å². The molecule has 0 radical (unpaired) electrons. The molecule has 132 valence electrons. The maximum absolute atomic E-state index is 9.61. The molecule has 0 aromatic carbocycles. The van der Waals surface area contributed by atoms with Gasteiger partial charge < -0.3 is 20.2 Å². The molecule has 0 aliphatic heterocycles. The molecule has 5 nitrogen and oxygen atoms in total. The van der Waals surface area contributed by atoms with Crippen LogP contribution in [0.2, 0.25) is 0 Å². The molecule has 1 atom stereocenters. The monoisotopic (exact) mass is 435 g/mol. The van der Waals surface area contributed by atoms with Gasteiger partial charge in [-0.3, -0.25) is 4.99 Å². The smallest absolute Gasteiger partial charge is 0.191 e. The summed E-state index contributed by atoms with van der Waals surface area (Å²) in [5.41, 5.74) is 0. The van der Waals surface area contributed by atoms with Crippen molar-refractivity contribution < 1.29 is 9.52 Å². The Morgan fingerprint density at radius 3 is 2.74 bits per heavy atom. The first kappa shape index (κ1) is 20.3. The molecule has 1 unspecified atom stereocenters. The predicted octanol–water partition coefficient (Wildman–Crippen LogP) is 3.08. The van der Waals surface area contributed by atoms with Gasteiger partial charge in [0.05, 0.1) is 12.4 Å². The van der Waals surface area contributed by atoms with E-state index in [0.717, 1.165) is 50.2 Å². The molecular formula is C17H30IN3O2. The van der Waals surface area contributed by atoms with Gasteiger partial charge in [-0.25, -0.2) is 0 Å². The zero-order valence-corrected chi connectivity index (χ0v) is 16.5. The van der Waals surface area contributed by atoms with E-state index in [2.05, 4.69) is 29.5 Å². The average molecular weight is 435 g/mol. The molecule has 1 heterocycles. The van der Waals surface area contributed by atoms with Crippen molar-refractivity contribution in [2.75, 3.05) is 6.54 Å². The molecule has 6 heteroatoms. The minimum Gasteiger partial charge on any atom is -0.469 e. The normalized spacial score (nSPS) is 23.0. The average Bonchev–Trinajstić information content (AvgIpc) is 3.02. The molecular weight excluding hydrogens is 405 g/mol. The maximum atomic E-state index is 9.61. The van der Waals surface area contributed by atoms with E-state index in [9.17, 15) is 5.11 Å². The Balaban J connectivity index is 0.00000264. The van der Waals surface area contributed by atoms with Crippen LogP contribution in [0.5, 0.6) is 0 Å². The summed E-state index contributed by atoms with van der Waals surface area (Å²) in [5.74, 6) is 1.84. The summed E-state index contributed by atoms with van der Waals surface area (Å²) in [7, 11) is 0. The van der Waals surface area contributed by atoms with Gasteiger partial charge in [0.1, 0.15) is 5.76 Å². The summed E-state index contributed by atoms with van der Waals surface area (Å²) in [6.07, 6.45) is 7.19. The van der Waals surface area contributed by atoms with Gasteiger partial charge in [-0.15, -0.1) is 24.0 Å². The number of nitrogens with zero attached hydrogens (tertiary/aromatic N) is 1. The zero-order valence-electron chi connectivity index (χ0n) is 14.1. The Morgan fingerprint density at radius 2 is 2.13 bits per heavy atom. The largest absolute Gasteiger partial charge is 0.469 e. The van der Waals surface area contributed by atoms with E-state index in [0.29, 0.717) is 18.6 Å². The van der Waals surface area contributed by atoms with Gasteiger partial charge in [-0.05, 0) is 51.2 Å². The predicted molar refractivity (Wildman–Crippen MR) is 104 cm³/mol. The number of halogens is 1. The Labute approximate surface area is 156 Å². The van der Waals surface area contributed by atoms with Crippen LogP contribution in [0, 0.1) is 0 Å². The molecule has 0 amide bonds. The second-order valence-electron chi connectivity index (χ2n) is 6.16. The van der Waals surface area contributed by atoms with Gasteiger partial charge in [-0.1, -0.05) is 6.92 Å². The first-order valence-corrected chi connectivity index (χ1v) is 8.45. The lowest BCUT2D eigenvalue weighted by molar-refractivity contribution is 0.120. The second kappa shape index (κ2) is 10.9. The molecule has 0 saturated heterocycles. The number of rotatable bonds is 6. The molecule has 0 bridgehead atoms. The summed E-state index contributed by atoms with van der Waals surface area (Å²) in [4.78, 5) is 4.67. The molecule has 1 aromatic rings. The SMILES string of the molecule is CCC(C)NC(=NCCc1ccco1)NC1CCC(O)CC1.I. The van der Waals surface area contributed by atoms with E-state index in [1.807, 2.05) is 12.1 Å². The standard InChI is InChI=1S/C17H29N3O2.HI/c1-3-13(2)19-17(18-11-10-16-5-4-12-22-16)20-14-6-8-15(21)9-7-14;/h4-5,12-15,21H,3,6-11H2,1-2H3,(H2,18,19,20);1H. The van der Waals surface area contributed by atoms with E-state index < -0.39 is 0 Å². The van der Waals surface area contributed by atoms with Gasteiger partial charge in [0.15, 0.2) is 5.96 Å². The first-order valence-electron chi connectivity index (χ1n) is 8.45. The zero-order chi connectivity index (χ0) is 15.8. The molecule has 1 aromatic heterocycles. The van der Waals surface area contributed by atoms with Crippen molar-refractivity contribution in [3.05, 3.63) is 24.2 Å². The quantitative estimate of drug-likeness (QED) is 0.365. The summed E-state index contributed by atoms with van der Waals surface area (Å²) < 4.78 is 5.34. The lowest BCUT2D eigenvalue weighted by atomic mass is 9.93. The molecule has 2 rings (SSSR count). The maximum Gasteiger partial charge on any atom is 0.191 e. The molecule has 23 heavy (non-hydrogen) atoms. The van der Waals surface area contributed by atoms with Crippen LogP contribution < -0.4 is 10.6 Å². The molecule has 1 fully saturated rings. The van der Waals surface area contributed by atoms with Crippen LogP contribution in [0.1, 0.15) is 51.7 Å². The van der Waals surface area contributed by atoms with Crippen molar-refractivity contribution in [2.24, 2.45) is 4.99 Å². The Morgan fingerprint density at radius 1 is 1.39 bits per heavy atom. The number of aliphatic hydroxyl groups is 1. The fraction of sp³-hybridized carbons (Fsp3) is 0.706. The van der Waals surface area contributed by atoms with Gasteiger partial charge in [0.2, 0.25) is 0 Å². The van der Waals surface area contributed by atoms with Crippen molar-refractivity contribution in [1.29, 1.82) is 0 Å². The summed E-state index contributed by atoms with van der Waals surface area (Å²) in [6, 6.07) is 4.68. The Bertz CT molecular complexity index is 443. The second-order valence-corrected chi connectivity index (χ2v) is 6.16. The number of aliphatic hydroxyl groups excluding tert-OH is 1. The van der Waals surface area contributed by atoms with Crippen molar-refractivity contribution in [3.8, 4) is 0 Å². The number of furan rings is 1. The number of aliphatic imine (C=N–C) groups is 1. The fourth-order valence-corrected chi connectivity index (χ4v) is 2.61. The first-order chi connectivity index (χ1) is 10.7. The molecule has 1 aliphatic carbocycles. The van der Waals surface area contributed by atoms with Crippen LogP contribution >= 0.6 is 24.0 Å².